The highest BCUT2D eigenvalue weighted by Crippen LogP contribution is 2.42. The molecule has 3 aromatic rings. The first kappa shape index (κ1) is 28.8. The quantitative estimate of drug-likeness (QED) is 0.257. The summed E-state index contributed by atoms with van der Waals surface area (Å²) in [6.45, 7) is 6.12. The molecule has 10 heteroatoms. The Balaban J connectivity index is 1.65. The van der Waals surface area contributed by atoms with Crippen molar-refractivity contribution in [1.29, 1.82) is 0 Å². The highest BCUT2D eigenvalue weighted by Gasteiger charge is 2.31. The van der Waals surface area contributed by atoms with Gasteiger partial charge in [0.2, 0.25) is 0 Å². The summed E-state index contributed by atoms with van der Waals surface area (Å²) in [5.41, 5.74) is -0.886. The summed E-state index contributed by atoms with van der Waals surface area (Å²) in [7, 11) is 0. The summed E-state index contributed by atoms with van der Waals surface area (Å²) in [5, 5.41) is 21.8. The molecule has 1 fully saturated rings. The van der Waals surface area contributed by atoms with Crippen LogP contribution in [0.4, 0.5) is 13.2 Å². The van der Waals surface area contributed by atoms with Gasteiger partial charge in [0.15, 0.2) is 0 Å². The van der Waals surface area contributed by atoms with Crippen molar-refractivity contribution in [3.63, 3.8) is 0 Å². The average molecular weight is 569 g/mol. The Bertz CT molecular complexity index is 1350. The van der Waals surface area contributed by atoms with Gasteiger partial charge in [0.1, 0.15) is 5.75 Å². The number of fused-ring (bicyclic) bond motifs is 1. The van der Waals surface area contributed by atoms with Crippen molar-refractivity contribution in [2.24, 2.45) is 5.92 Å². The number of likely N-dealkylation sites (tertiary alicyclic amines) is 1. The van der Waals surface area contributed by atoms with Crippen LogP contribution in [0.1, 0.15) is 45.1 Å². The lowest BCUT2D eigenvalue weighted by Crippen LogP contribution is -2.43. The molecule has 3 N–H and O–H groups in total. The van der Waals surface area contributed by atoms with Crippen LogP contribution in [0.5, 0.6) is 5.75 Å². The van der Waals surface area contributed by atoms with Crippen LogP contribution in [0.3, 0.4) is 0 Å². The number of H-pyrrole nitrogens is 1. The van der Waals surface area contributed by atoms with E-state index in [1.165, 1.54) is 30.7 Å². The third kappa shape index (κ3) is 6.50. The second kappa shape index (κ2) is 11.9. The predicted octanol–water partition coefficient (Wildman–Crippen LogP) is 6.93. The molecule has 5 nitrogen and oxygen atoms in total. The molecule has 0 amide bonds. The number of aromatic nitrogens is 1. The first-order valence-electron chi connectivity index (χ1n) is 12.8. The van der Waals surface area contributed by atoms with Crippen molar-refractivity contribution in [3.8, 4) is 16.9 Å². The highest BCUT2D eigenvalue weighted by atomic mass is 35.5. The number of phenolic OH excluding ortho intramolecular Hbond substituents is 1. The van der Waals surface area contributed by atoms with Crippen molar-refractivity contribution in [3.05, 3.63) is 57.3 Å². The zero-order valence-corrected chi connectivity index (χ0v) is 22.9. The summed E-state index contributed by atoms with van der Waals surface area (Å²) in [4.78, 5) is 18.3. The molecule has 0 aliphatic carbocycles. The fourth-order valence-corrected chi connectivity index (χ4v) is 6.29. The summed E-state index contributed by atoms with van der Waals surface area (Å²) < 4.78 is 40.7. The lowest BCUT2D eigenvalue weighted by molar-refractivity contribution is -0.137. The van der Waals surface area contributed by atoms with E-state index in [1.54, 1.807) is 0 Å². The van der Waals surface area contributed by atoms with E-state index in [-0.39, 0.29) is 43.5 Å². The number of aliphatic hydroxyl groups excluding tert-OH is 1. The predicted molar refractivity (Wildman–Crippen MR) is 147 cm³/mol. The number of halogens is 4. The molecule has 3 atom stereocenters. The largest absolute Gasteiger partial charge is 0.507 e. The number of benzene rings is 2. The molecule has 1 aromatic heterocycles. The van der Waals surface area contributed by atoms with Gasteiger partial charge in [-0.2, -0.15) is 13.2 Å². The van der Waals surface area contributed by atoms with Crippen LogP contribution in [-0.4, -0.2) is 51.1 Å². The number of thioether (sulfide) groups is 1. The zero-order valence-electron chi connectivity index (χ0n) is 21.3. The van der Waals surface area contributed by atoms with Gasteiger partial charge in [0.05, 0.1) is 16.6 Å². The van der Waals surface area contributed by atoms with E-state index in [1.807, 2.05) is 0 Å². The molecule has 2 heterocycles. The molecule has 0 bridgehead atoms. The minimum Gasteiger partial charge on any atom is -0.507 e. The minimum atomic E-state index is -4.59. The van der Waals surface area contributed by atoms with Crippen LogP contribution < -0.4 is 5.56 Å². The first-order chi connectivity index (χ1) is 18.0. The van der Waals surface area contributed by atoms with Crippen LogP contribution >= 0.6 is 23.4 Å². The average Bonchev–Trinajstić information content (AvgIpc) is 2.87. The van der Waals surface area contributed by atoms with Crippen LogP contribution in [0, 0.1) is 5.92 Å². The number of aromatic amines is 1. The third-order valence-corrected chi connectivity index (χ3v) is 8.85. The molecule has 2 aromatic carbocycles. The van der Waals surface area contributed by atoms with Crippen molar-refractivity contribution >= 4 is 34.3 Å². The van der Waals surface area contributed by atoms with E-state index in [9.17, 15) is 28.2 Å². The van der Waals surface area contributed by atoms with Crippen LogP contribution in [0.25, 0.3) is 22.0 Å². The van der Waals surface area contributed by atoms with Crippen molar-refractivity contribution < 1.29 is 23.4 Å². The van der Waals surface area contributed by atoms with Crippen molar-refractivity contribution in [2.45, 2.75) is 62.7 Å². The molecule has 1 aliphatic rings. The van der Waals surface area contributed by atoms with E-state index < -0.39 is 23.4 Å². The molecule has 1 saturated heterocycles. The van der Waals surface area contributed by atoms with Gasteiger partial charge in [-0.15, -0.1) is 11.8 Å². The Hall–Kier alpha value is -2.20. The number of piperidine rings is 1. The number of alkyl halides is 3. The van der Waals surface area contributed by atoms with Gasteiger partial charge in [0.25, 0.3) is 5.56 Å². The standard InChI is InChI=1S/C28H32ClF3N2O3S/c1-3-17-5-4-16(2)34(14-17)11-10-20(35)15-38-26-25(22-13-19(29)7-9-24(22)36)21-12-18(28(30,31)32)6-8-23(21)33-27(26)37/h6-9,12-13,16-17,20,35-36H,3-5,10-11,14-15H2,1-2H3,(H,33,37). The van der Waals surface area contributed by atoms with Gasteiger partial charge >= 0.3 is 6.18 Å². The van der Waals surface area contributed by atoms with E-state index in [0.717, 1.165) is 49.8 Å². The van der Waals surface area contributed by atoms with E-state index in [0.29, 0.717) is 18.4 Å². The third-order valence-electron chi connectivity index (χ3n) is 7.38. The smallest absolute Gasteiger partial charge is 0.416 e. The molecule has 1 aliphatic heterocycles. The number of hydrogen-bond donors (Lipinski definition) is 3. The van der Waals surface area contributed by atoms with Gasteiger partial charge in [-0.25, -0.2) is 0 Å². The fourth-order valence-electron chi connectivity index (χ4n) is 5.05. The fraction of sp³-hybridized carbons (Fsp3) is 0.464. The zero-order chi connectivity index (χ0) is 27.6. The maximum absolute atomic E-state index is 13.6. The number of hydrogen-bond acceptors (Lipinski definition) is 5. The van der Waals surface area contributed by atoms with E-state index >= 15 is 0 Å². The maximum atomic E-state index is 13.6. The minimum absolute atomic E-state index is 0.117. The number of nitrogens with zero attached hydrogens (tertiary/aromatic N) is 1. The Morgan fingerprint density at radius 1 is 1.21 bits per heavy atom. The van der Waals surface area contributed by atoms with Crippen LogP contribution in [0.2, 0.25) is 5.02 Å². The maximum Gasteiger partial charge on any atom is 0.416 e. The number of phenols is 1. The lowest BCUT2D eigenvalue weighted by Gasteiger charge is -2.38. The first-order valence-corrected chi connectivity index (χ1v) is 14.1. The number of nitrogens with one attached hydrogen (secondary N) is 1. The molecular formula is C28H32ClF3N2O3S. The molecule has 0 saturated carbocycles. The summed E-state index contributed by atoms with van der Waals surface area (Å²) in [5.74, 6) is 0.607. The Kier molecular flexibility index (Phi) is 9.02. The van der Waals surface area contributed by atoms with Gasteiger partial charge < -0.3 is 20.1 Å². The van der Waals surface area contributed by atoms with Gasteiger partial charge in [-0.1, -0.05) is 24.9 Å². The van der Waals surface area contributed by atoms with Crippen molar-refractivity contribution in [2.75, 3.05) is 18.8 Å². The highest BCUT2D eigenvalue weighted by molar-refractivity contribution is 7.99. The number of rotatable bonds is 8. The molecule has 206 valence electrons. The Morgan fingerprint density at radius 2 is 1.97 bits per heavy atom. The molecule has 0 radical (unpaired) electrons. The topological polar surface area (TPSA) is 76.6 Å². The Labute approximate surface area is 229 Å². The molecule has 3 unspecified atom stereocenters. The van der Waals surface area contributed by atoms with Crippen molar-refractivity contribution in [1.82, 2.24) is 9.88 Å². The molecular weight excluding hydrogens is 537 g/mol. The summed E-state index contributed by atoms with van der Waals surface area (Å²) in [6.07, 6.45) is -1.35. The second-order valence-corrected chi connectivity index (χ2v) is 11.5. The van der Waals surface area contributed by atoms with Gasteiger partial charge in [-0.05, 0) is 68.5 Å². The second-order valence-electron chi connectivity index (χ2n) is 10.0. The number of aliphatic hydroxyl groups is 1. The number of pyridine rings is 1. The van der Waals surface area contributed by atoms with Crippen LogP contribution in [-0.2, 0) is 6.18 Å². The van der Waals surface area contributed by atoms with Gasteiger partial charge in [0, 0.05) is 51.9 Å². The van der Waals surface area contributed by atoms with Gasteiger partial charge in [-0.3, -0.25) is 4.79 Å². The molecule has 0 spiro atoms. The van der Waals surface area contributed by atoms with E-state index in [2.05, 4.69) is 23.7 Å². The monoisotopic (exact) mass is 568 g/mol. The molecule has 4 rings (SSSR count). The summed E-state index contributed by atoms with van der Waals surface area (Å²) >= 11 is 7.22. The Morgan fingerprint density at radius 3 is 2.68 bits per heavy atom. The van der Waals surface area contributed by atoms with E-state index in [4.69, 9.17) is 11.6 Å². The normalized spacial score (nSPS) is 19.7. The molecule has 38 heavy (non-hydrogen) atoms. The number of aromatic hydroxyl groups is 1. The lowest BCUT2D eigenvalue weighted by atomic mass is 9.91. The van der Waals surface area contributed by atoms with Crippen LogP contribution in [0.15, 0.2) is 46.1 Å². The SMILES string of the molecule is CCC1CCC(C)N(CCC(O)CSc2c(-c3cc(Cl)ccc3O)c3cc(C(F)(F)F)ccc3[nH]c2=O)C1. The summed E-state index contributed by atoms with van der Waals surface area (Å²) in [6, 6.07) is 7.74.